The standard InChI is InChI=1S/C18H19N5O4/c1-25-13-6-9(7-14(26-2)15(13)27-3)17(24)21-10-4-5-12-11(8-10)16(19)23-18(20)22-12/h4-8H,1-3H3,(H,21,24)(H4,19,20,22,23). The molecule has 0 bridgehead atoms. The number of carbonyl (C=O) groups excluding carboxylic acids is 1. The summed E-state index contributed by atoms with van der Waals surface area (Å²) in [6.07, 6.45) is 0. The fourth-order valence-corrected chi connectivity index (χ4v) is 2.66. The third-order valence-corrected chi connectivity index (χ3v) is 3.93. The SMILES string of the molecule is COc1cc(C(=O)Nc2ccc3nc(N)nc(N)c3c2)cc(OC)c1OC. The van der Waals surface area contributed by atoms with E-state index in [2.05, 4.69) is 15.3 Å². The number of benzene rings is 2. The minimum absolute atomic E-state index is 0.0919. The first kappa shape index (κ1) is 18.1. The number of nitrogens with one attached hydrogen (secondary N) is 1. The second-order valence-electron chi connectivity index (χ2n) is 5.57. The molecule has 27 heavy (non-hydrogen) atoms. The number of hydrogen-bond acceptors (Lipinski definition) is 8. The van der Waals surface area contributed by atoms with Crippen molar-refractivity contribution in [2.45, 2.75) is 0 Å². The molecule has 1 amide bonds. The molecule has 0 fully saturated rings. The summed E-state index contributed by atoms with van der Waals surface area (Å²) >= 11 is 0. The number of ether oxygens (including phenoxy) is 3. The average molecular weight is 369 g/mol. The summed E-state index contributed by atoms with van der Waals surface area (Å²) < 4.78 is 15.8. The molecule has 140 valence electrons. The fraction of sp³-hybridized carbons (Fsp3) is 0.167. The van der Waals surface area contributed by atoms with E-state index in [-0.39, 0.29) is 17.7 Å². The Bertz CT molecular complexity index is 997. The Hall–Kier alpha value is -3.75. The molecule has 3 aromatic rings. The van der Waals surface area contributed by atoms with Gasteiger partial charge in [0.2, 0.25) is 11.7 Å². The first-order valence-corrected chi connectivity index (χ1v) is 7.91. The van der Waals surface area contributed by atoms with Crippen LogP contribution < -0.4 is 31.0 Å². The topological polar surface area (TPSA) is 135 Å². The van der Waals surface area contributed by atoms with E-state index in [9.17, 15) is 4.79 Å². The number of carbonyl (C=O) groups is 1. The molecule has 0 atom stereocenters. The first-order chi connectivity index (χ1) is 13.0. The zero-order valence-electron chi connectivity index (χ0n) is 15.1. The average Bonchev–Trinajstić information content (AvgIpc) is 2.67. The van der Waals surface area contributed by atoms with Gasteiger partial charge in [-0.25, -0.2) is 4.98 Å². The maximum atomic E-state index is 12.7. The van der Waals surface area contributed by atoms with Gasteiger partial charge in [-0.15, -0.1) is 0 Å². The van der Waals surface area contributed by atoms with E-state index in [0.717, 1.165) is 0 Å². The van der Waals surface area contributed by atoms with Crippen LogP contribution in [0.25, 0.3) is 10.9 Å². The number of hydrogen-bond donors (Lipinski definition) is 3. The van der Waals surface area contributed by atoms with Crippen LogP contribution in [0.1, 0.15) is 10.4 Å². The van der Waals surface area contributed by atoms with E-state index in [1.165, 1.54) is 21.3 Å². The molecule has 1 heterocycles. The van der Waals surface area contributed by atoms with Gasteiger partial charge in [0.15, 0.2) is 11.5 Å². The number of nitrogens with two attached hydrogens (primary N) is 2. The van der Waals surface area contributed by atoms with Crippen molar-refractivity contribution in [3.05, 3.63) is 35.9 Å². The highest BCUT2D eigenvalue weighted by atomic mass is 16.5. The van der Waals surface area contributed by atoms with Crippen LogP contribution >= 0.6 is 0 Å². The molecule has 0 unspecified atom stereocenters. The molecule has 0 saturated carbocycles. The first-order valence-electron chi connectivity index (χ1n) is 7.91. The van der Waals surface area contributed by atoms with Crippen molar-refractivity contribution in [1.82, 2.24) is 9.97 Å². The largest absolute Gasteiger partial charge is 0.493 e. The van der Waals surface area contributed by atoms with E-state index < -0.39 is 0 Å². The lowest BCUT2D eigenvalue weighted by molar-refractivity contribution is 0.102. The highest BCUT2D eigenvalue weighted by Gasteiger charge is 2.17. The fourth-order valence-electron chi connectivity index (χ4n) is 2.66. The minimum atomic E-state index is -0.358. The number of nitrogen functional groups attached to an aromatic ring is 2. The third-order valence-electron chi connectivity index (χ3n) is 3.93. The van der Waals surface area contributed by atoms with Gasteiger partial charge in [-0.2, -0.15) is 4.98 Å². The van der Waals surface area contributed by atoms with Gasteiger partial charge in [0.25, 0.3) is 5.91 Å². The van der Waals surface area contributed by atoms with Crippen LogP contribution in [0.2, 0.25) is 0 Å². The second-order valence-corrected chi connectivity index (χ2v) is 5.57. The summed E-state index contributed by atoms with van der Waals surface area (Å²) in [5, 5.41) is 3.39. The number of amides is 1. The van der Waals surface area contributed by atoms with Crippen molar-refractivity contribution in [3.63, 3.8) is 0 Å². The molecule has 0 radical (unpaired) electrons. The van der Waals surface area contributed by atoms with E-state index in [1.54, 1.807) is 30.3 Å². The Balaban J connectivity index is 1.94. The van der Waals surface area contributed by atoms with Gasteiger partial charge in [-0.1, -0.05) is 0 Å². The zero-order valence-corrected chi connectivity index (χ0v) is 15.1. The van der Waals surface area contributed by atoms with Gasteiger partial charge in [0, 0.05) is 16.6 Å². The van der Waals surface area contributed by atoms with Crippen LogP contribution in [0.15, 0.2) is 30.3 Å². The Morgan fingerprint density at radius 1 is 0.963 bits per heavy atom. The van der Waals surface area contributed by atoms with Crippen molar-refractivity contribution in [3.8, 4) is 17.2 Å². The third kappa shape index (κ3) is 3.47. The Morgan fingerprint density at radius 3 is 2.22 bits per heavy atom. The van der Waals surface area contributed by atoms with Crippen molar-refractivity contribution in [2.24, 2.45) is 0 Å². The van der Waals surface area contributed by atoms with Gasteiger partial charge in [-0.05, 0) is 30.3 Å². The van der Waals surface area contributed by atoms with E-state index >= 15 is 0 Å². The quantitative estimate of drug-likeness (QED) is 0.622. The molecule has 1 aromatic heterocycles. The molecule has 0 aliphatic heterocycles. The molecule has 0 aliphatic carbocycles. The Morgan fingerprint density at radius 2 is 1.63 bits per heavy atom. The molecule has 2 aromatic carbocycles. The van der Waals surface area contributed by atoms with Crippen LogP contribution in [0.4, 0.5) is 17.5 Å². The lowest BCUT2D eigenvalue weighted by Crippen LogP contribution is -2.13. The van der Waals surface area contributed by atoms with Gasteiger partial charge < -0.3 is 31.0 Å². The Labute approximate surface area is 155 Å². The normalized spacial score (nSPS) is 10.5. The molecule has 9 heteroatoms. The predicted octanol–water partition coefficient (Wildman–Crippen LogP) is 2.07. The number of aromatic nitrogens is 2. The highest BCUT2D eigenvalue weighted by molar-refractivity contribution is 6.06. The Kier molecular flexibility index (Phi) is 4.84. The molecular weight excluding hydrogens is 350 g/mol. The molecule has 5 N–H and O–H groups in total. The van der Waals surface area contributed by atoms with Gasteiger partial charge in [0.05, 0.1) is 26.8 Å². The van der Waals surface area contributed by atoms with Gasteiger partial charge in [0.1, 0.15) is 5.82 Å². The second kappa shape index (κ2) is 7.24. The van der Waals surface area contributed by atoms with Crippen LogP contribution in [0.3, 0.4) is 0 Å². The minimum Gasteiger partial charge on any atom is -0.493 e. The van der Waals surface area contributed by atoms with Crippen LogP contribution in [-0.2, 0) is 0 Å². The molecular formula is C18H19N5O4. The van der Waals surface area contributed by atoms with E-state index in [4.69, 9.17) is 25.7 Å². The lowest BCUT2D eigenvalue weighted by atomic mass is 10.1. The summed E-state index contributed by atoms with van der Waals surface area (Å²) in [5.74, 6) is 1.14. The van der Waals surface area contributed by atoms with Crippen molar-refractivity contribution < 1.29 is 19.0 Å². The summed E-state index contributed by atoms with van der Waals surface area (Å²) in [4.78, 5) is 20.7. The van der Waals surface area contributed by atoms with E-state index in [1.807, 2.05) is 0 Å². The molecule has 3 rings (SSSR count). The summed E-state index contributed by atoms with van der Waals surface area (Å²) in [6.45, 7) is 0. The highest BCUT2D eigenvalue weighted by Crippen LogP contribution is 2.38. The van der Waals surface area contributed by atoms with Crippen LogP contribution in [0, 0.1) is 0 Å². The zero-order chi connectivity index (χ0) is 19.6. The summed E-state index contributed by atoms with van der Waals surface area (Å²) in [7, 11) is 4.46. The van der Waals surface area contributed by atoms with Crippen molar-refractivity contribution in [2.75, 3.05) is 38.1 Å². The molecule has 0 spiro atoms. The number of rotatable bonds is 5. The molecule has 0 aliphatic rings. The monoisotopic (exact) mass is 369 g/mol. The molecule has 0 saturated heterocycles. The van der Waals surface area contributed by atoms with E-state index in [0.29, 0.717) is 39.4 Å². The lowest BCUT2D eigenvalue weighted by Gasteiger charge is -2.14. The van der Waals surface area contributed by atoms with Crippen molar-refractivity contribution >= 4 is 34.3 Å². The number of fused-ring (bicyclic) bond motifs is 1. The summed E-state index contributed by atoms with van der Waals surface area (Å²) in [5.41, 5.74) is 12.9. The van der Waals surface area contributed by atoms with Gasteiger partial charge in [-0.3, -0.25) is 4.79 Å². The predicted molar refractivity (Wildman–Crippen MR) is 102 cm³/mol. The summed E-state index contributed by atoms with van der Waals surface area (Å²) in [6, 6.07) is 8.21. The maximum Gasteiger partial charge on any atom is 0.255 e. The number of nitrogens with zero attached hydrogens (tertiary/aromatic N) is 2. The van der Waals surface area contributed by atoms with Gasteiger partial charge >= 0.3 is 0 Å². The number of methoxy groups -OCH3 is 3. The number of anilines is 3. The molecule has 9 nitrogen and oxygen atoms in total. The van der Waals surface area contributed by atoms with Crippen molar-refractivity contribution in [1.29, 1.82) is 0 Å². The smallest absolute Gasteiger partial charge is 0.255 e. The van der Waals surface area contributed by atoms with Crippen LogP contribution in [0.5, 0.6) is 17.2 Å². The van der Waals surface area contributed by atoms with Crippen LogP contribution in [-0.4, -0.2) is 37.2 Å². The maximum absolute atomic E-state index is 12.7.